The number of aryl methyl sites for hydroxylation is 1. The Hall–Kier alpha value is -2.73. The van der Waals surface area contributed by atoms with Gasteiger partial charge in [0, 0.05) is 15.8 Å². The second-order valence-corrected chi connectivity index (χ2v) is 7.10. The normalized spacial score (nSPS) is 11.9. The summed E-state index contributed by atoms with van der Waals surface area (Å²) in [6.45, 7) is 3.76. The van der Waals surface area contributed by atoms with E-state index in [0.717, 1.165) is 15.8 Å². The minimum absolute atomic E-state index is 0.204. The highest BCUT2D eigenvalue weighted by Gasteiger charge is 2.21. The van der Waals surface area contributed by atoms with Crippen molar-refractivity contribution in [1.29, 1.82) is 0 Å². The fourth-order valence-corrected chi connectivity index (χ4v) is 3.61. The van der Waals surface area contributed by atoms with Crippen LogP contribution in [0.4, 0.5) is 0 Å². The molecule has 6 heteroatoms. The maximum absolute atomic E-state index is 12.4. The van der Waals surface area contributed by atoms with Gasteiger partial charge in [0.05, 0.1) is 5.25 Å². The SMILES string of the molecule is CCC(Sc1ccccc1)C(=O)NNC(=O)c1oc2ccccc2c1C. The van der Waals surface area contributed by atoms with Crippen molar-refractivity contribution in [2.24, 2.45) is 0 Å². The third kappa shape index (κ3) is 3.91. The van der Waals surface area contributed by atoms with Crippen LogP contribution in [0.1, 0.15) is 29.5 Å². The Labute approximate surface area is 156 Å². The van der Waals surface area contributed by atoms with E-state index in [-0.39, 0.29) is 16.9 Å². The number of rotatable bonds is 5. The zero-order valence-electron chi connectivity index (χ0n) is 14.6. The fraction of sp³-hybridized carbons (Fsp3) is 0.200. The minimum Gasteiger partial charge on any atom is -0.451 e. The molecule has 0 spiro atoms. The van der Waals surface area contributed by atoms with Crippen LogP contribution >= 0.6 is 11.8 Å². The predicted molar refractivity (Wildman–Crippen MR) is 103 cm³/mol. The third-order valence-electron chi connectivity index (χ3n) is 4.03. The molecular formula is C20H20N2O3S. The summed E-state index contributed by atoms with van der Waals surface area (Å²) in [5.74, 6) is -0.509. The first kappa shape index (κ1) is 18.1. The number of hydrogen-bond acceptors (Lipinski definition) is 4. The van der Waals surface area contributed by atoms with Gasteiger partial charge in [-0.25, -0.2) is 0 Å². The molecule has 5 nitrogen and oxygen atoms in total. The van der Waals surface area contributed by atoms with Gasteiger partial charge in [-0.1, -0.05) is 43.3 Å². The Morgan fingerprint density at radius 2 is 1.73 bits per heavy atom. The zero-order chi connectivity index (χ0) is 18.5. The van der Waals surface area contributed by atoms with Crippen molar-refractivity contribution in [2.75, 3.05) is 0 Å². The Morgan fingerprint density at radius 1 is 1.04 bits per heavy atom. The number of carbonyl (C=O) groups is 2. The summed E-state index contributed by atoms with van der Waals surface area (Å²) in [5.41, 5.74) is 6.35. The van der Waals surface area contributed by atoms with E-state index in [1.54, 1.807) is 6.07 Å². The number of furan rings is 1. The quantitative estimate of drug-likeness (QED) is 0.526. The molecule has 1 atom stereocenters. The molecule has 3 rings (SSSR count). The van der Waals surface area contributed by atoms with Crippen molar-refractivity contribution >= 4 is 34.5 Å². The van der Waals surface area contributed by atoms with Crippen molar-refractivity contribution in [3.05, 3.63) is 65.9 Å². The Balaban J connectivity index is 1.64. The molecule has 3 aromatic rings. The van der Waals surface area contributed by atoms with Crippen LogP contribution in [0.2, 0.25) is 0 Å². The number of benzene rings is 2. The van der Waals surface area contributed by atoms with Gasteiger partial charge in [-0.2, -0.15) is 0 Å². The van der Waals surface area contributed by atoms with Gasteiger partial charge >= 0.3 is 5.91 Å². The number of carbonyl (C=O) groups excluding carboxylic acids is 2. The van der Waals surface area contributed by atoms with Gasteiger partial charge in [0.25, 0.3) is 5.91 Å². The molecule has 2 amide bonds. The van der Waals surface area contributed by atoms with Gasteiger partial charge in [0.15, 0.2) is 5.76 Å². The van der Waals surface area contributed by atoms with Gasteiger partial charge in [-0.3, -0.25) is 20.4 Å². The average Bonchev–Trinajstić information content (AvgIpc) is 3.02. The summed E-state index contributed by atoms with van der Waals surface area (Å²) in [7, 11) is 0. The van der Waals surface area contributed by atoms with E-state index in [1.807, 2.05) is 62.4 Å². The summed E-state index contributed by atoms with van der Waals surface area (Å²) in [6, 6.07) is 17.1. The largest absolute Gasteiger partial charge is 0.451 e. The molecule has 1 unspecified atom stereocenters. The van der Waals surface area contributed by atoms with E-state index >= 15 is 0 Å². The number of amides is 2. The first-order chi connectivity index (χ1) is 12.6. The van der Waals surface area contributed by atoms with E-state index < -0.39 is 5.91 Å². The molecule has 0 radical (unpaired) electrons. The lowest BCUT2D eigenvalue weighted by molar-refractivity contribution is -0.121. The molecule has 2 N–H and O–H groups in total. The Morgan fingerprint density at radius 3 is 2.42 bits per heavy atom. The first-order valence-electron chi connectivity index (χ1n) is 8.40. The highest BCUT2D eigenvalue weighted by molar-refractivity contribution is 8.00. The van der Waals surface area contributed by atoms with Crippen LogP contribution in [0.25, 0.3) is 11.0 Å². The number of hydrazine groups is 1. The third-order valence-corrected chi connectivity index (χ3v) is 5.41. The maximum Gasteiger partial charge on any atom is 0.305 e. The summed E-state index contributed by atoms with van der Waals surface area (Å²) in [6.07, 6.45) is 0.644. The fourth-order valence-electron chi connectivity index (χ4n) is 2.63. The summed E-state index contributed by atoms with van der Waals surface area (Å²) >= 11 is 1.46. The molecule has 26 heavy (non-hydrogen) atoms. The van der Waals surface area contributed by atoms with Crippen LogP contribution in [0, 0.1) is 6.92 Å². The van der Waals surface area contributed by atoms with Crippen molar-refractivity contribution < 1.29 is 14.0 Å². The number of thioether (sulfide) groups is 1. The van der Waals surface area contributed by atoms with E-state index in [9.17, 15) is 9.59 Å². The number of hydrogen-bond donors (Lipinski definition) is 2. The summed E-state index contributed by atoms with van der Waals surface area (Å²) in [4.78, 5) is 25.8. The predicted octanol–water partition coefficient (Wildman–Crippen LogP) is 4.07. The topological polar surface area (TPSA) is 71.3 Å². The molecule has 0 aliphatic heterocycles. The van der Waals surface area contributed by atoms with Gasteiger partial charge in [-0.15, -0.1) is 11.8 Å². The number of nitrogens with one attached hydrogen (secondary N) is 2. The van der Waals surface area contributed by atoms with Gasteiger partial charge in [0.2, 0.25) is 0 Å². The molecule has 0 aliphatic rings. The standard InChI is InChI=1S/C20H20N2O3S/c1-3-17(26-14-9-5-4-6-10-14)19(23)21-22-20(24)18-13(2)15-11-7-8-12-16(15)25-18/h4-12,17H,3H2,1-2H3,(H,21,23)(H,22,24). The van der Waals surface area contributed by atoms with E-state index in [1.165, 1.54) is 11.8 Å². The smallest absolute Gasteiger partial charge is 0.305 e. The molecular weight excluding hydrogens is 348 g/mol. The number of fused-ring (bicyclic) bond motifs is 1. The van der Waals surface area contributed by atoms with Gasteiger partial charge < -0.3 is 4.42 Å². The van der Waals surface area contributed by atoms with Crippen molar-refractivity contribution in [3.63, 3.8) is 0 Å². The number of para-hydroxylation sites is 1. The Bertz CT molecular complexity index is 921. The monoisotopic (exact) mass is 368 g/mol. The molecule has 2 aromatic carbocycles. The minimum atomic E-state index is -0.466. The lowest BCUT2D eigenvalue weighted by Crippen LogP contribution is -2.45. The molecule has 0 saturated carbocycles. The highest BCUT2D eigenvalue weighted by atomic mass is 32.2. The van der Waals surface area contributed by atoms with Crippen LogP contribution < -0.4 is 10.9 Å². The van der Waals surface area contributed by atoms with Crippen LogP contribution in [0.15, 0.2) is 63.9 Å². The molecule has 0 aliphatic carbocycles. The van der Waals surface area contributed by atoms with Crippen molar-refractivity contribution in [2.45, 2.75) is 30.4 Å². The lowest BCUT2D eigenvalue weighted by Gasteiger charge is -2.15. The zero-order valence-corrected chi connectivity index (χ0v) is 15.4. The van der Waals surface area contributed by atoms with E-state index in [2.05, 4.69) is 10.9 Å². The van der Waals surface area contributed by atoms with Crippen LogP contribution in [-0.4, -0.2) is 17.1 Å². The van der Waals surface area contributed by atoms with Crippen molar-refractivity contribution in [1.82, 2.24) is 10.9 Å². The molecule has 1 aromatic heterocycles. The second kappa shape index (κ2) is 8.10. The summed E-state index contributed by atoms with van der Waals surface area (Å²) in [5, 5.41) is 0.588. The molecule has 0 bridgehead atoms. The average molecular weight is 368 g/mol. The molecule has 0 saturated heterocycles. The van der Waals surface area contributed by atoms with Gasteiger partial charge in [-0.05, 0) is 31.5 Å². The first-order valence-corrected chi connectivity index (χ1v) is 9.28. The summed E-state index contributed by atoms with van der Waals surface area (Å²) < 4.78 is 5.61. The van der Waals surface area contributed by atoms with Gasteiger partial charge in [0.1, 0.15) is 5.58 Å². The van der Waals surface area contributed by atoms with Crippen molar-refractivity contribution in [3.8, 4) is 0 Å². The molecule has 134 valence electrons. The maximum atomic E-state index is 12.4. The van der Waals surface area contributed by atoms with Crippen LogP contribution in [0.5, 0.6) is 0 Å². The highest BCUT2D eigenvalue weighted by Crippen LogP contribution is 2.26. The van der Waals surface area contributed by atoms with Crippen LogP contribution in [-0.2, 0) is 4.79 Å². The van der Waals surface area contributed by atoms with E-state index in [4.69, 9.17) is 4.42 Å². The Kier molecular flexibility index (Phi) is 5.63. The van der Waals surface area contributed by atoms with E-state index in [0.29, 0.717) is 12.0 Å². The van der Waals surface area contributed by atoms with Crippen LogP contribution in [0.3, 0.4) is 0 Å². The molecule has 1 heterocycles. The second-order valence-electron chi connectivity index (χ2n) is 5.82. The lowest BCUT2D eigenvalue weighted by atomic mass is 10.1. The molecule has 0 fully saturated rings.